The SMILES string of the molecule is c1ccc2c(c1)CCCN2Cc1cccc2c1C1(c3ccccc3Cc3ccccc31)c1ccccc1-2. The maximum absolute atomic E-state index is 2.62. The van der Waals surface area contributed by atoms with Gasteiger partial charge in [0.25, 0.3) is 0 Å². The Kier molecular flexibility index (Phi) is 4.52. The Morgan fingerprint density at radius 3 is 1.97 bits per heavy atom. The Morgan fingerprint density at radius 2 is 1.19 bits per heavy atom. The number of fused-ring (bicyclic) bond motifs is 10. The topological polar surface area (TPSA) is 3.24 Å². The van der Waals surface area contributed by atoms with Gasteiger partial charge >= 0.3 is 0 Å². The summed E-state index contributed by atoms with van der Waals surface area (Å²) < 4.78 is 0. The lowest BCUT2D eigenvalue weighted by Crippen LogP contribution is -2.36. The van der Waals surface area contributed by atoms with E-state index in [0.29, 0.717) is 0 Å². The van der Waals surface area contributed by atoms with Crippen molar-refractivity contribution < 1.29 is 0 Å². The number of hydrogen-bond acceptors (Lipinski definition) is 1. The standard InChI is InChI=1S/C36H29N/c1-5-18-31-26(12-1)23-27-13-2-6-19-32(27)36(31)33-20-7-4-16-29(33)30-17-9-14-28(35(30)36)24-37-22-10-15-25-11-3-8-21-34(25)37/h1-9,11-14,16-21H,10,15,22-24H2. The highest BCUT2D eigenvalue weighted by atomic mass is 15.1. The monoisotopic (exact) mass is 475 g/mol. The van der Waals surface area contributed by atoms with Gasteiger partial charge in [-0.2, -0.15) is 0 Å². The zero-order valence-corrected chi connectivity index (χ0v) is 21.0. The van der Waals surface area contributed by atoms with E-state index in [1.807, 2.05) is 0 Å². The van der Waals surface area contributed by atoms with Crippen LogP contribution in [0, 0.1) is 0 Å². The third-order valence-corrected chi connectivity index (χ3v) is 8.94. The van der Waals surface area contributed by atoms with Crippen LogP contribution < -0.4 is 4.90 Å². The number of para-hydroxylation sites is 1. The predicted octanol–water partition coefficient (Wildman–Crippen LogP) is 7.91. The fraction of sp³-hybridized carbons (Fsp3) is 0.167. The number of rotatable bonds is 2. The Balaban J connectivity index is 1.43. The van der Waals surface area contributed by atoms with Crippen molar-refractivity contribution in [2.75, 3.05) is 11.4 Å². The number of anilines is 1. The first-order valence-corrected chi connectivity index (χ1v) is 13.6. The maximum atomic E-state index is 2.62. The summed E-state index contributed by atoms with van der Waals surface area (Å²) >= 11 is 0. The van der Waals surface area contributed by atoms with E-state index < -0.39 is 0 Å². The largest absolute Gasteiger partial charge is 0.367 e. The van der Waals surface area contributed by atoms with Crippen molar-refractivity contribution in [2.24, 2.45) is 0 Å². The molecule has 0 saturated heterocycles. The van der Waals surface area contributed by atoms with Crippen LogP contribution in [0.5, 0.6) is 0 Å². The van der Waals surface area contributed by atoms with Crippen LogP contribution in [0.1, 0.15) is 50.9 Å². The summed E-state index contributed by atoms with van der Waals surface area (Å²) in [5.41, 5.74) is 15.5. The number of nitrogens with zero attached hydrogens (tertiary/aromatic N) is 1. The minimum absolute atomic E-state index is 0.288. The molecule has 0 amide bonds. The lowest BCUT2D eigenvalue weighted by atomic mass is 9.61. The fourth-order valence-electron chi connectivity index (χ4n) is 7.55. The summed E-state index contributed by atoms with van der Waals surface area (Å²) in [6.45, 7) is 2.04. The van der Waals surface area contributed by atoms with Gasteiger partial charge < -0.3 is 4.90 Å². The molecule has 1 spiro atoms. The third kappa shape index (κ3) is 2.86. The molecule has 1 aliphatic heterocycles. The van der Waals surface area contributed by atoms with E-state index in [0.717, 1.165) is 19.5 Å². The molecule has 0 aromatic heterocycles. The van der Waals surface area contributed by atoms with Gasteiger partial charge in [0.2, 0.25) is 0 Å². The molecule has 0 fully saturated rings. The summed E-state index contributed by atoms with van der Waals surface area (Å²) in [4.78, 5) is 2.62. The number of aryl methyl sites for hydroxylation is 1. The van der Waals surface area contributed by atoms with Gasteiger partial charge in [0.15, 0.2) is 0 Å². The Labute approximate surface area is 219 Å². The van der Waals surface area contributed by atoms with Gasteiger partial charge in [-0.05, 0) is 81.0 Å². The van der Waals surface area contributed by atoms with Crippen molar-refractivity contribution in [2.45, 2.75) is 31.2 Å². The summed E-state index contributed by atoms with van der Waals surface area (Å²) in [6.07, 6.45) is 3.38. The molecule has 5 aromatic carbocycles. The molecule has 5 aromatic rings. The lowest BCUT2D eigenvalue weighted by Gasteiger charge is -2.42. The number of benzene rings is 5. The van der Waals surface area contributed by atoms with Crippen LogP contribution in [-0.4, -0.2) is 6.54 Å². The smallest absolute Gasteiger partial charge is 0.0722 e. The van der Waals surface area contributed by atoms with Gasteiger partial charge in [0, 0.05) is 18.8 Å². The van der Waals surface area contributed by atoms with Crippen LogP contribution in [0.25, 0.3) is 11.1 Å². The van der Waals surface area contributed by atoms with Crippen molar-refractivity contribution >= 4 is 5.69 Å². The summed E-state index contributed by atoms with van der Waals surface area (Å²) in [6, 6.07) is 43.5. The third-order valence-electron chi connectivity index (χ3n) is 8.94. The van der Waals surface area contributed by atoms with Crippen LogP contribution >= 0.6 is 0 Å². The average Bonchev–Trinajstić information content (AvgIpc) is 3.25. The van der Waals surface area contributed by atoms with E-state index in [9.17, 15) is 0 Å². The van der Waals surface area contributed by atoms with Gasteiger partial charge in [-0.1, -0.05) is 109 Å². The first kappa shape index (κ1) is 21.0. The summed E-state index contributed by atoms with van der Waals surface area (Å²) in [5.74, 6) is 0. The molecule has 0 atom stereocenters. The highest BCUT2D eigenvalue weighted by Crippen LogP contribution is 2.60. The highest BCUT2D eigenvalue weighted by Gasteiger charge is 2.50. The summed E-state index contributed by atoms with van der Waals surface area (Å²) in [7, 11) is 0. The molecule has 178 valence electrons. The Hall–Kier alpha value is -4.10. The van der Waals surface area contributed by atoms with Crippen molar-refractivity contribution in [3.8, 4) is 11.1 Å². The molecule has 0 unspecified atom stereocenters. The van der Waals surface area contributed by atoms with Crippen LogP contribution in [0.4, 0.5) is 5.69 Å². The number of hydrogen-bond donors (Lipinski definition) is 0. The van der Waals surface area contributed by atoms with Crippen LogP contribution in [0.2, 0.25) is 0 Å². The molecule has 3 aliphatic rings. The van der Waals surface area contributed by atoms with Crippen molar-refractivity contribution in [1.82, 2.24) is 0 Å². The Bertz CT molecular complexity index is 1630. The molecular weight excluding hydrogens is 446 g/mol. The van der Waals surface area contributed by atoms with E-state index in [4.69, 9.17) is 0 Å². The highest BCUT2D eigenvalue weighted by molar-refractivity contribution is 5.89. The first-order chi connectivity index (χ1) is 18.4. The molecular formula is C36H29N. The van der Waals surface area contributed by atoms with Crippen LogP contribution in [-0.2, 0) is 24.8 Å². The maximum Gasteiger partial charge on any atom is 0.0722 e. The van der Waals surface area contributed by atoms with Gasteiger partial charge in [-0.25, -0.2) is 0 Å². The van der Waals surface area contributed by atoms with Crippen molar-refractivity contribution in [3.63, 3.8) is 0 Å². The minimum atomic E-state index is -0.288. The normalized spacial score (nSPS) is 15.9. The molecule has 37 heavy (non-hydrogen) atoms. The zero-order chi connectivity index (χ0) is 24.4. The summed E-state index contributed by atoms with van der Waals surface area (Å²) in [5, 5.41) is 0. The van der Waals surface area contributed by atoms with Crippen LogP contribution in [0.3, 0.4) is 0 Å². The molecule has 0 radical (unpaired) electrons. The van der Waals surface area contributed by atoms with E-state index in [1.54, 1.807) is 0 Å². The average molecular weight is 476 g/mol. The fourth-order valence-corrected chi connectivity index (χ4v) is 7.55. The minimum Gasteiger partial charge on any atom is -0.367 e. The molecule has 0 N–H and O–H groups in total. The molecule has 8 rings (SSSR count). The lowest BCUT2D eigenvalue weighted by molar-refractivity contribution is 0.671. The van der Waals surface area contributed by atoms with E-state index in [-0.39, 0.29) is 5.41 Å². The quantitative estimate of drug-likeness (QED) is 0.246. The second-order valence-corrected chi connectivity index (χ2v) is 10.8. The molecule has 0 saturated carbocycles. The van der Waals surface area contributed by atoms with Crippen molar-refractivity contribution in [3.05, 3.63) is 160 Å². The second-order valence-electron chi connectivity index (χ2n) is 10.8. The first-order valence-electron chi connectivity index (χ1n) is 13.6. The molecule has 1 heteroatoms. The van der Waals surface area contributed by atoms with E-state index in [2.05, 4.69) is 120 Å². The van der Waals surface area contributed by atoms with Gasteiger partial charge in [-0.3, -0.25) is 0 Å². The van der Waals surface area contributed by atoms with E-state index in [1.165, 1.54) is 74.2 Å². The molecule has 0 bridgehead atoms. The molecule has 2 aliphatic carbocycles. The second kappa shape index (κ2) is 7.95. The molecule has 1 heterocycles. The van der Waals surface area contributed by atoms with Gasteiger partial charge in [-0.15, -0.1) is 0 Å². The van der Waals surface area contributed by atoms with Crippen molar-refractivity contribution in [1.29, 1.82) is 0 Å². The predicted molar refractivity (Wildman–Crippen MR) is 152 cm³/mol. The van der Waals surface area contributed by atoms with E-state index >= 15 is 0 Å². The van der Waals surface area contributed by atoms with Crippen LogP contribution in [0.15, 0.2) is 115 Å². The molecule has 1 nitrogen and oxygen atoms in total. The zero-order valence-electron chi connectivity index (χ0n) is 21.0. The van der Waals surface area contributed by atoms with Gasteiger partial charge in [0.1, 0.15) is 0 Å². The van der Waals surface area contributed by atoms with Gasteiger partial charge in [0.05, 0.1) is 5.41 Å². The Morgan fingerprint density at radius 1 is 0.568 bits per heavy atom.